The molecule has 0 saturated carbocycles. The zero-order valence-electron chi connectivity index (χ0n) is 11.2. The van der Waals surface area contributed by atoms with E-state index in [1.807, 2.05) is 19.9 Å². The molecule has 110 valence electrons. The lowest BCUT2D eigenvalue weighted by molar-refractivity contribution is 0.0692. The summed E-state index contributed by atoms with van der Waals surface area (Å²) in [7, 11) is -4.02. The predicted octanol–water partition coefficient (Wildman–Crippen LogP) is 0.668. The van der Waals surface area contributed by atoms with Crippen LogP contribution in [0, 0.1) is 17.2 Å². The summed E-state index contributed by atoms with van der Waals surface area (Å²) in [4.78, 5) is 11.0. The van der Waals surface area contributed by atoms with Gasteiger partial charge in [-0.15, -0.1) is 0 Å². The molecular formula is C11H16N4O4S. The Morgan fingerprint density at radius 3 is 2.75 bits per heavy atom. The van der Waals surface area contributed by atoms with Crippen LogP contribution in [0.25, 0.3) is 0 Å². The quantitative estimate of drug-likeness (QED) is 0.761. The Kier molecular flexibility index (Phi) is 5.24. The molecule has 9 heteroatoms. The standard InChI is InChI=1S/C11H16N4O4S/c1-8(2)7-15(5-3-4-12)20(18,19)10-9(11(16)17)6-13-14-10/h6,8H,3,5,7H2,1-2H3,(H,13,14)(H,16,17). The zero-order chi connectivity index (χ0) is 15.3. The van der Waals surface area contributed by atoms with Crippen molar-refractivity contribution in [2.75, 3.05) is 13.1 Å². The summed E-state index contributed by atoms with van der Waals surface area (Å²) in [6.45, 7) is 3.87. The van der Waals surface area contributed by atoms with Crippen molar-refractivity contribution in [3.8, 4) is 6.07 Å². The summed E-state index contributed by atoms with van der Waals surface area (Å²) < 4.78 is 26.0. The second kappa shape index (κ2) is 6.49. The van der Waals surface area contributed by atoms with Crippen LogP contribution in [0.1, 0.15) is 30.6 Å². The molecular weight excluding hydrogens is 284 g/mol. The summed E-state index contributed by atoms with van der Waals surface area (Å²) in [5.41, 5.74) is -0.407. The third-order valence-corrected chi connectivity index (χ3v) is 4.31. The molecule has 0 saturated heterocycles. The number of carboxylic acid groups (broad SMARTS) is 1. The van der Waals surface area contributed by atoms with Gasteiger partial charge in [-0.2, -0.15) is 14.7 Å². The van der Waals surface area contributed by atoms with E-state index in [1.165, 1.54) is 0 Å². The van der Waals surface area contributed by atoms with E-state index >= 15 is 0 Å². The van der Waals surface area contributed by atoms with Gasteiger partial charge in [0.15, 0.2) is 5.03 Å². The number of aromatic carboxylic acids is 1. The maximum Gasteiger partial charge on any atom is 0.340 e. The van der Waals surface area contributed by atoms with Gasteiger partial charge in [-0.25, -0.2) is 13.2 Å². The van der Waals surface area contributed by atoms with Crippen LogP contribution >= 0.6 is 0 Å². The van der Waals surface area contributed by atoms with Gasteiger partial charge in [-0.05, 0) is 5.92 Å². The molecule has 2 N–H and O–H groups in total. The van der Waals surface area contributed by atoms with Crippen molar-refractivity contribution < 1.29 is 18.3 Å². The van der Waals surface area contributed by atoms with Crippen molar-refractivity contribution in [1.82, 2.24) is 14.5 Å². The summed E-state index contributed by atoms with van der Waals surface area (Å²) >= 11 is 0. The van der Waals surface area contributed by atoms with Crippen molar-refractivity contribution in [3.63, 3.8) is 0 Å². The van der Waals surface area contributed by atoms with Crippen molar-refractivity contribution in [2.45, 2.75) is 25.3 Å². The number of sulfonamides is 1. The monoisotopic (exact) mass is 300 g/mol. The van der Waals surface area contributed by atoms with Crippen LogP contribution < -0.4 is 0 Å². The van der Waals surface area contributed by atoms with E-state index in [2.05, 4.69) is 10.2 Å². The number of carboxylic acids is 1. The first-order chi connectivity index (χ1) is 9.30. The molecule has 0 fully saturated rings. The summed E-state index contributed by atoms with van der Waals surface area (Å²) in [5, 5.41) is 22.8. The van der Waals surface area contributed by atoms with E-state index in [9.17, 15) is 13.2 Å². The normalized spacial score (nSPS) is 11.8. The van der Waals surface area contributed by atoms with Gasteiger partial charge in [0.05, 0.1) is 12.3 Å². The highest BCUT2D eigenvalue weighted by atomic mass is 32.2. The largest absolute Gasteiger partial charge is 0.478 e. The highest BCUT2D eigenvalue weighted by Gasteiger charge is 2.31. The first-order valence-electron chi connectivity index (χ1n) is 5.94. The van der Waals surface area contributed by atoms with Crippen molar-refractivity contribution in [3.05, 3.63) is 11.8 Å². The van der Waals surface area contributed by atoms with E-state index in [4.69, 9.17) is 10.4 Å². The van der Waals surface area contributed by atoms with E-state index in [-0.39, 0.29) is 25.4 Å². The second-order valence-electron chi connectivity index (χ2n) is 4.58. The molecule has 0 amide bonds. The number of hydrogen-bond acceptors (Lipinski definition) is 5. The highest BCUT2D eigenvalue weighted by Crippen LogP contribution is 2.19. The lowest BCUT2D eigenvalue weighted by Gasteiger charge is -2.22. The molecule has 0 aliphatic heterocycles. The van der Waals surface area contributed by atoms with Crippen molar-refractivity contribution in [1.29, 1.82) is 5.26 Å². The number of carbonyl (C=O) groups is 1. The Bertz CT molecular complexity index is 615. The molecule has 1 rings (SSSR count). The van der Waals surface area contributed by atoms with Gasteiger partial charge in [0.1, 0.15) is 5.56 Å². The van der Waals surface area contributed by atoms with Crippen LogP contribution in [-0.2, 0) is 10.0 Å². The first-order valence-corrected chi connectivity index (χ1v) is 7.38. The molecule has 1 aromatic rings. The van der Waals surface area contributed by atoms with Gasteiger partial charge in [0.2, 0.25) is 0 Å². The second-order valence-corrected chi connectivity index (χ2v) is 6.46. The molecule has 0 aromatic carbocycles. The van der Waals surface area contributed by atoms with Gasteiger partial charge in [-0.3, -0.25) is 5.10 Å². The van der Waals surface area contributed by atoms with Crippen LogP contribution in [0.3, 0.4) is 0 Å². The summed E-state index contributed by atoms with van der Waals surface area (Å²) in [5.74, 6) is -1.33. The van der Waals surface area contributed by atoms with E-state index in [0.717, 1.165) is 10.5 Å². The molecule has 0 unspecified atom stereocenters. The van der Waals surface area contributed by atoms with Crippen LogP contribution in [0.5, 0.6) is 0 Å². The van der Waals surface area contributed by atoms with Crippen LogP contribution in [0.2, 0.25) is 0 Å². The number of nitriles is 1. The average Bonchev–Trinajstić information content (AvgIpc) is 2.83. The average molecular weight is 300 g/mol. The number of rotatable bonds is 7. The third kappa shape index (κ3) is 3.55. The Balaban J connectivity index is 3.18. The molecule has 0 radical (unpaired) electrons. The molecule has 0 spiro atoms. The zero-order valence-corrected chi connectivity index (χ0v) is 12.0. The Morgan fingerprint density at radius 2 is 2.25 bits per heavy atom. The van der Waals surface area contributed by atoms with E-state index < -0.39 is 26.6 Å². The lowest BCUT2D eigenvalue weighted by atomic mass is 10.2. The molecule has 1 aromatic heterocycles. The smallest absolute Gasteiger partial charge is 0.340 e. The fraction of sp³-hybridized carbons (Fsp3) is 0.545. The Labute approximate surface area is 117 Å². The van der Waals surface area contributed by atoms with Crippen molar-refractivity contribution >= 4 is 16.0 Å². The number of aromatic amines is 1. The van der Waals surface area contributed by atoms with Gasteiger partial charge in [-0.1, -0.05) is 13.8 Å². The number of aromatic nitrogens is 2. The van der Waals surface area contributed by atoms with Gasteiger partial charge in [0.25, 0.3) is 10.0 Å². The number of nitrogens with zero attached hydrogens (tertiary/aromatic N) is 3. The molecule has 0 aliphatic rings. The fourth-order valence-corrected chi connectivity index (χ4v) is 3.31. The molecule has 8 nitrogen and oxygen atoms in total. The van der Waals surface area contributed by atoms with E-state index in [1.54, 1.807) is 0 Å². The predicted molar refractivity (Wildman–Crippen MR) is 69.4 cm³/mol. The molecule has 0 atom stereocenters. The highest BCUT2D eigenvalue weighted by molar-refractivity contribution is 7.89. The number of H-pyrrole nitrogens is 1. The van der Waals surface area contributed by atoms with Crippen LogP contribution in [0.4, 0.5) is 0 Å². The van der Waals surface area contributed by atoms with Gasteiger partial charge >= 0.3 is 5.97 Å². The molecule has 1 heterocycles. The minimum Gasteiger partial charge on any atom is -0.478 e. The maximum atomic E-state index is 12.4. The third-order valence-electron chi connectivity index (χ3n) is 2.47. The van der Waals surface area contributed by atoms with Gasteiger partial charge in [0, 0.05) is 19.5 Å². The van der Waals surface area contributed by atoms with Crippen LogP contribution in [-0.4, -0.2) is 47.1 Å². The Morgan fingerprint density at radius 1 is 1.60 bits per heavy atom. The number of hydrogen-bond donors (Lipinski definition) is 2. The molecule has 0 bridgehead atoms. The van der Waals surface area contributed by atoms with Crippen molar-refractivity contribution in [2.24, 2.45) is 5.92 Å². The summed E-state index contributed by atoms with van der Waals surface area (Å²) in [6.07, 6.45) is 0.982. The minimum absolute atomic E-state index is 0.00902. The molecule has 0 aliphatic carbocycles. The van der Waals surface area contributed by atoms with E-state index in [0.29, 0.717) is 0 Å². The maximum absolute atomic E-state index is 12.4. The lowest BCUT2D eigenvalue weighted by Crippen LogP contribution is -2.36. The molecule has 20 heavy (non-hydrogen) atoms. The summed E-state index contributed by atoms with van der Waals surface area (Å²) in [6, 6.07) is 1.88. The SMILES string of the molecule is CC(C)CN(CCC#N)S(=O)(=O)c1[nH]ncc1C(=O)O. The van der Waals surface area contributed by atoms with Gasteiger partial charge < -0.3 is 5.11 Å². The minimum atomic E-state index is -4.02. The number of nitrogens with one attached hydrogen (secondary N) is 1. The van der Waals surface area contributed by atoms with Crippen LogP contribution in [0.15, 0.2) is 11.2 Å². The topological polar surface area (TPSA) is 127 Å². The fourth-order valence-electron chi connectivity index (χ4n) is 1.64. The Hall–Kier alpha value is -1.92. The first kappa shape index (κ1) is 16.1.